The highest BCUT2D eigenvalue weighted by molar-refractivity contribution is 7.89. The van der Waals surface area contributed by atoms with Gasteiger partial charge in [0.2, 0.25) is 15.3 Å². The monoisotopic (exact) mass is 331 g/mol. The molecule has 5 nitrogen and oxygen atoms in total. The molecule has 2 rings (SSSR count). The molecule has 21 heavy (non-hydrogen) atoms. The Morgan fingerprint density at radius 3 is 2.38 bits per heavy atom. The van der Waals surface area contributed by atoms with Gasteiger partial charge in [0.15, 0.2) is 0 Å². The van der Waals surface area contributed by atoms with Crippen LogP contribution in [0.1, 0.15) is 46.0 Å². The minimum atomic E-state index is -3.57. The smallest absolute Gasteiger partial charge is 0.225 e. The molecule has 1 heterocycles. The van der Waals surface area contributed by atoms with E-state index in [0.717, 1.165) is 19.3 Å². The highest BCUT2D eigenvalue weighted by Crippen LogP contribution is 2.42. The summed E-state index contributed by atoms with van der Waals surface area (Å²) in [6, 6.07) is 0. The first-order valence-electron chi connectivity index (χ1n) is 7.30. The van der Waals surface area contributed by atoms with Gasteiger partial charge in [0.05, 0.1) is 12.4 Å². The van der Waals surface area contributed by atoms with Gasteiger partial charge in [0, 0.05) is 6.54 Å². The Balaban J connectivity index is 2.07. The lowest BCUT2D eigenvalue weighted by Crippen LogP contribution is -2.37. The summed E-state index contributed by atoms with van der Waals surface area (Å²) in [5.74, 6) is 0.562. The highest BCUT2D eigenvalue weighted by Gasteiger charge is 2.35. The summed E-state index contributed by atoms with van der Waals surface area (Å²) in [6.07, 6.45) is 8.06. The van der Waals surface area contributed by atoms with Crippen LogP contribution in [0.4, 0.5) is 0 Å². The van der Waals surface area contributed by atoms with Crippen LogP contribution in [0.25, 0.3) is 0 Å². The SMILES string of the molecule is CC(C)CC1(CNS(=O)(=O)c2cnc(Cl)nc2)CCCC1. The van der Waals surface area contributed by atoms with Crippen molar-refractivity contribution in [3.8, 4) is 0 Å². The molecule has 0 unspecified atom stereocenters. The molecule has 0 bridgehead atoms. The zero-order valence-electron chi connectivity index (χ0n) is 12.5. The molecule has 1 aliphatic rings. The van der Waals surface area contributed by atoms with Gasteiger partial charge in [-0.15, -0.1) is 0 Å². The number of hydrogen-bond donors (Lipinski definition) is 1. The zero-order valence-corrected chi connectivity index (χ0v) is 14.0. The number of nitrogens with zero attached hydrogens (tertiary/aromatic N) is 2. The van der Waals surface area contributed by atoms with E-state index in [1.165, 1.54) is 25.2 Å². The number of aromatic nitrogens is 2. The summed E-state index contributed by atoms with van der Waals surface area (Å²) >= 11 is 5.58. The third-order valence-corrected chi connectivity index (χ3v) is 5.60. The molecule has 0 saturated heterocycles. The second kappa shape index (κ2) is 6.58. The van der Waals surface area contributed by atoms with Crippen LogP contribution in [0, 0.1) is 11.3 Å². The third kappa shape index (κ3) is 4.37. The lowest BCUT2D eigenvalue weighted by atomic mass is 9.79. The van der Waals surface area contributed by atoms with Gasteiger partial charge in [0.1, 0.15) is 4.90 Å². The van der Waals surface area contributed by atoms with Crippen LogP contribution in [-0.2, 0) is 10.0 Å². The maximum atomic E-state index is 12.3. The van der Waals surface area contributed by atoms with Crippen LogP contribution in [-0.4, -0.2) is 24.9 Å². The van der Waals surface area contributed by atoms with Crippen molar-refractivity contribution >= 4 is 21.6 Å². The first kappa shape index (κ1) is 16.6. The molecule has 1 aromatic heterocycles. The van der Waals surface area contributed by atoms with E-state index in [9.17, 15) is 8.42 Å². The molecule has 1 N–H and O–H groups in total. The van der Waals surface area contributed by atoms with E-state index in [2.05, 4.69) is 28.5 Å². The Morgan fingerprint density at radius 2 is 1.86 bits per heavy atom. The van der Waals surface area contributed by atoms with Crippen LogP contribution in [0.3, 0.4) is 0 Å². The number of hydrogen-bond acceptors (Lipinski definition) is 4. The van der Waals surface area contributed by atoms with Gasteiger partial charge in [0.25, 0.3) is 0 Å². The van der Waals surface area contributed by atoms with Crippen molar-refractivity contribution in [2.24, 2.45) is 11.3 Å². The standard InChI is InChI=1S/C14H22ClN3O2S/c1-11(2)7-14(5-3-4-6-14)10-18-21(19,20)12-8-16-13(15)17-9-12/h8-9,11,18H,3-7,10H2,1-2H3. The van der Waals surface area contributed by atoms with Crippen molar-refractivity contribution in [1.29, 1.82) is 0 Å². The summed E-state index contributed by atoms with van der Waals surface area (Å²) in [6.45, 7) is 4.85. The number of rotatable bonds is 6. The maximum Gasteiger partial charge on any atom is 0.243 e. The molecular formula is C14H22ClN3O2S. The first-order valence-corrected chi connectivity index (χ1v) is 9.16. The summed E-state index contributed by atoms with van der Waals surface area (Å²) in [5, 5.41) is 0.0426. The fraction of sp³-hybridized carbons (Fsp3) is 0.714. The van der Waals surface area contributed by atoms with Crippen LogP contribution < -0.4 is 4.72 Å². The van der Waals surface area contributed by atoms with Crippen molar-refractivity contribution in [2.75, 3.05) is 6.54 Å². The van der Waals surface area contributed by atoms with Crippen molar-refractivity contribution in [3.63, 3.8) is 0 Å². The molecule has 0 radical (unpaired) electrons. The Morgan fingerprint density at radius 1 is 1.29 bits per heavy atom. The largest absolute Gasteiger partial charge is 0.243 e. The molecule has 1 aliphatic carbocycles. The summed E-state index contributed by atoms with van der Waals surface area (Å²) in [5.41, 5.74) is 0.0918. The van der Waals surface area contributed by atoms with Gasteiger partial charge in [-0.05, 0) is 42.2 Å². The van der Waals surface area contributed by atoms with E-state index in [1.54, 1.807) is 0 Å². The molecular weight excluding hydrogens is 310 g/mol. The maximum absolute atomic E-state index is 12.3. The van der Waals surface area contributed by atoms with Crippen molar-refractivity contribution < 1.29 is 8.42 Å². The van der Waals surface area contributed by atoms with Crippen molar-refractivity contribution in [1.82, 2.24) is 14.7 Å². The molecule has 1 fully saturated rings. The van der Waals surface area contributed by atoms with Crippen LogP contribution in [0.15, 0.2) is 17.3 Å². The van der Waals surface area contributed by atoms with E-state index in [4.69, 9.17) is 11.6 Å². The summed E-state index contributed by atoms with van der Waals surface area (Å²) in [4.78, 5) is 7.51. The molecule has 0 atom stereocenters. The van der Waals surface area contributed by atoms with Crippen LogP contribution in [0.2, 0.25) is 5.28 Å². The molecule has 0 aliphatic heterocycles. The second-order valence-electron chi connectivity index (χ2n) is 6.32. The van der Waals surface area contributed by atoms with Gasteiger partial charge < -0.3 is 0 Å². The normalized spacial score (nSPS) is 18.3. The fourth-order valence-electron chi connectivity index (χ4n) is 3.21. The minimum Gasteiger partial charge on any atom is -0.225 e. The molecule has 7 heteroatoms. The average Bonchev–Trinajstić information content (AvgIpc) is 2.85. The number of halogens is 1. The highest BCUT2D eigenvalue weighted by atomic mass is 35.5. The zero-order chi connectivity index (χ0) is 15.5. The lowest BCUT2D eigenvalue weighted by Gasteiger charge is -2.31. The molecule has 1 aromatic rings. The van der Waals surface area contributed by atoms with E-state index in [0.29, 0.717) is 12.5 Å². The van der Waals surface area contributed by atoms with Crippen molar-refractivity contribution in [3.05, 3.63) is 17.7 Å². The van der Waals surface area contributed by atoms with E-state index < -0.39 is 10.0 Å². The van der Waals surface area contributed by atoms with Crippen LogP contribution in [0.5, 0.6) is 0 Å². The Hall–Kier alpha value is -0.720. The number of sulfonamides is 1. The van der Waals surface area contributed by atoms with E-state index in [-0.39, 0.29) is 15.6 Å². The number of nitrogens with one attached hydrogen (secondary N) is 1. The van der Waals surface area contributed by atoms with Crippen molar-refractivity contribution in [2.45, 2.75) is 50.8 Å². The molecule has 0 spiro atoms. The van der Waals surface area contributed by atoms with Gasteiger partial charge >= 0.3 is 0 Å². The van der Waals surface area contributed by atoms with E-state index in [1.807, 2.05) is 0 Å². The quantitative estimate of drug-likeness (QED) is 0.813. The lowest BCUT2D eigenvalue weighted by molar-refractivity contribution is 0.236. The minimum absolute atomic E-state index is 0.0426. The predicted octanol–water partition coefficient (Wildman–Crippen LogP) is 3.01. The third-order valence-electron chi connectivity index (χ3n) is 4.05. The van der Waals surface area contributed by atoms with Gasteiger partial charge in [-0.3, -0.25) is 0 Å². The Kier molecular flexibility index (Phi) is 5.22. The van der Waals surface area contributed by atoms with Gasteiger partial charge in [-0.25, -0.2) is 23.1 Å². The second-order valence-corrected chi connectivity index (χ2v) is 8.42. The van der Waals surface area contributed by atoms with Gasteiger partial charge in [-0.2, -0.15) is 0 Å². The summed E-state index contributed by atoms with van der Waals surface area (Å²) < 4.78 is 27.3. The van der Waals surface area contributed by atoms with Gasteiger partial charge in [-0.1, -0.05) is 26.7 Å². The average molecular weight is 332 g/mol. The first-order chi connectivity index (χ1) is 9.83. The molecule has 0 amide bonds. The Bertz CT molecular complexity index is 566. The topological polar surface area (TPSA) is 72.0 Å². The fourth-order valence-corrected chi connectivity index (χ4v) is 4.36. The summed E-state index contributed by atoms with van der Waals surface area (Å²) in [7, 11) is -3.57. The van der Waals surface area contributed by atoms with E-state index >= 15 is 0 Å². The molecule has 0 aromatic carbocycles. The molecule has 118 valence electrons. The predicted molar refractivity (Wildman–Crippen MR) is 82.6 cm³/mol. The molecule has 1 saturated carbocycles. The Labute approximate surface area is 131 Å². The van der Waals surface area contributed by atoms with Crippen LogP contribution >= 0.6 is 11.6 Å².